The lowest BCUT2D eigenvalue weighted by atomic mass is 9.94. The molecule has 0 aromatic carbocycles. The quantitative estimate of drug-likeness (QED) is 0.689. The SMILES string of the molecule is O=C(CCOCC(F)F)N(CCO)C1CCCCC1. The molecular weight excluding hydrogens is 256 g/mol. The van der Waals surface area contributed by atoms with Gasteiger partial charge in [0.1, 0.15) is 6.61 Å². The molecule has 112 valence electrons. The average molecular weight is 279 g/mol. The van der Waals surface area contributed by atoms with Gasteiger partial charge in [0.15, 0.2) is 0 Å². The van der Waals surface area contributed by atoms with Crippen LogP contribution in [0.15, 0.2) is 0 Å². The van der Waals surface area contributed by atoms with Gasteiger partial charge in [-0.2, -0.15) is 0 Å². The summed E-state index contributed by atoms with van der Waals surface area (Å²) >= 11 is 0. The maximum atomic E-state index is 12.0. The van der Waals surface area contributed by atoms with Crippen LogP contribution in [0.5, 0.6) is 0 Å². The smallest absolute Gasteiger partial charge is 0.261 e. The highest BCUT2D eigenvalue weighted by molar-refractivity contribution is 5.76. The molecule has 6 heteroatoms. The number of halogens is 2. The number of ether oxygens (including phenoxy) is 1. The van der Waals surface area contributed by atoms with Crippen LogP contribution in [0.25, 0.3) is 0 Å². The van der Waals surface area contributed by atoms with Gasteiger partial charge in [0.2, 0.25) is 5.91 Å². The van der Waals surface area contributed by atoms with Crippen LogP contribution < -0.4 is 0 Å². The number of aliphatic hydroxyl groups excluding tert-OH is 1. The van der Waals surface area contributed by atoms with E-state index in [9.17, 15) is 13.6 Å². The minimum absolute atomic E-state index is 0.0117. The van der Waals surface area contributed by atoms with E-state index in [0.717, 1.165) is 25.7 Å². The van der Waals surface area contributed by atoms with Crippen LogP contribution >= 0.6 is 0 Å². The number of rotatable bonds is 8. The number of carbonyl (C=O) groups excluding carboxylic acids is 1. The average Bonchev–Trinajstić information content (AvgIpc) is 2.41. The summed E-state index contributed by atoms with van der Waals surface area (Å²) in [6, 6.07) is 0.184. The monoisotopic (exact) mass is 279 g/mol. The fourth-order valence-corrected chi connectivity index (χ4v) is 2.49. The van der Waals surface area contributed by atoms with Crippen LogP contribution in [0.1, 0.15) is 38.5 Å². The Hall–Kier alpha value is -0.750. The van der Waals surface area contributed by atoms with Gasteiger partial charge in [-0.3, -0.25) is 4.79 Å². The first-order valence-corrected chi connectivity index (χ1v) is 6.91. The minimum Gasteiger partial charge on any atom is -0.395 e. The number of aliphatic hydroxyl groups is 1. The molecule has 0 saturated heterocycles. The molecule has 0 atom stereocenters. The molecule has 1 fully saturated rings. The fraction of sp³-hybridized carbons (Fsp3) is 0.923. The van der Waals surface area contributed by atoms with Crippen LogP contribution in [-0.2, 0) is 9.53 Å². The van der Waals surface area contributed by atoms with Gasteiger partial charge in [-0.1, -0.05) is 19.3 Å². The van der Waals surface area contributed by atoms with E-state index in [1.807, 2.05) is 0 Å². The molecule has 0 aromatic rings. The van der Waals surface area contributed by atoms with Gasteiger partial charge in [-0.05, 0) is 12.8 Å². The molecule has 0 unspecified atom stereocenters. The first kappa shape index (κ1) is 16.3. The predicted octanol–water partition coefficient (Wildman–Crippen LogP) is 1.81. The van der Waals surface area contributed by atoms with E-state index in [0.29, 0.717) is 6.54 Å². The summed E-state index contributed by atoms with van der Waals surface area (Å²) in [4.78, 5) is 13.7. The maximum Gasteiger partial charge on any atom is 0.261 e. The molecule has 0 bridgehead atoms. The second kappa shape index (κ2) is 9.20. The standard InChI is InChI=1S/C13H23F2NO3/c14-12(15)10-19-9-6-13(18)16(7-8-17)11-4-2-1-3-5-11/h11-12,17H,1-10H2. The fourth-order valence-electron chi connectivity index (χ4n) is 2.49. The van der Waals surface area contributed by atoms with Crippen molar-refractivity contribution in [2.24, 2.45) is 0 Å². The number of amides is 1. The van der Waals surface area contributed by atoms with Crippen molar-refractivity contribution in [1.82, 2.24) is 4.90 Å². The lowest BCUT2D eigenvalue weighted by molar-refractivity contribution is -0.136. The molecule has 1 N–H and O–H groups in total. The van der Waals surface area contributed by atoms with Crippen molar-refractivity contribution >= 4 is 5.91 Å². The molecule has 1 rings (SSSR count). The molecular formula is C13H23F2NO3. The summed E-state index contributed by atoms with van der Waals surface area (Å²) in [5.41, 5.74) is 0. The lowest BCUT2D eigenvalue weighted by Crippen LogP contribution is -2.43. The number of hydrogen-bond donors (Lipinski definition) is 1. The van der Waals surface area contributed by atoms with E-state index in [1.165, 1.54) is 6.42 Å². The van der Waals surface area contributed by atoms with E-state index < -0.39 is 13.0 Å². The Balaban J connectivity index is 2.34. The molecule has 0 aliphatic heterocycles. The van der Waals surface area contributed by atoms with Gasteiger partial charge in [0.25, 0.3) is 6.43 Å². The van der Waals surface area contributed by atoms with Crippen molar-refractivity contribution in [2.45, 2.75) is 51.0 Å². The normalized spacial score (nSPS) is 16.8. The van der Waals surface area contributed by atoms with Crippen LogP contribution in [-0.4, -0.2) is 54.7 Å². The summed E-state index contributed by atoms with van der Waals surface area (Å²) < 4.78 is 28.5. The van der Waals surface area contributed by atoms with Crippen LogP contribution in [0.3, 0.4) is 0 Å². The van der Waals surface area contributed by atoms with Crippen molar-refractivity contribution < 1.29 is 23.4 Å². The van der Waals surface area contributed by atoms with Crippen molar-refractivity contribution in [3.8, 4) is 0 Å². The zero-order valence-corrected chi connectivity index (χ0v) is 11.2. The summed E-state index contributed by atoms with van der Waals surface area (Å²) in [6.45, 7) is -0.368. The van der Waals surface area contributed by atoms with Crippen molar-refractivity contribution in [3.63, 3.8) is 0 Å². The zero-order valence-electron chi connectivity index (χ0n) is 11.2. The molecule has 0 spiro atoms. The van der Waals surface area contributed by atoms with Gasteiger partial charge in [-0.25, -0.2) is 8.78 Å². The Morgan fingerprint density at radius 1 is 1.32 bits per heavy atom. The highest BCUT2D eigenvalue weighted by atomic mass is 19.3. The second-order valence-corrected chi connectivity index (χ2v) is 4.82. The molecule has 1 saturated carbocycles. The molecule has 4 nitrogen and oxygen atoms in total. The first-order valence-electron chi connectivity index (χ1n) is 6.91. The summed E-state index contributed by atoms with van der Waals surface area (Å²) in [7, 11) is 0. The van der Waals surface area contributed by atoms with E-state index in [4.69, 9.17) is 9.84 Å². The van der Waals surface area contributed by atoms with Crippen LogP contribution in [0.4, 0.5) is 8.78 Å². The summed E-state index contributed by atoms with van der Waals surface area (Å²) in [6.07, 6.45) is 2.91. The third-order valence-electron chi connectivity index (χ3n) is 3.38. The largest absolute Gasteiger partial charge is 0.395 e. The van der Waals surface area contributed by atoms with Gasteiger partial charge < -0.3 is 14.7 Å². The third kappa shape index (κ3) is 6.29. The first-order chi connectivity index (χ1) is 9.15. The Labute approximate surface area is 112 Å². The molecule has 0 heterocycles. The van der Waals surface area contributed by atoms with Crippen molar-refractivity contribution in [3.05, 3.63) is 0 Å². The Morgan fingerprint density at radius 3 is 2.58 bits per heavy atom. The van der Waals surface area contributed by atoms with E-state index in [1.54, 1.807) is 4.90 Å². The van der Waals surface area contributed by atoms with Crippen LogP contribution in [0.2, 0.25) is 0 Å². The molecule has 1 aliphatic carbocycles. The van der Waals surface area contributed by atoms with E-state index in [-0.39, 0.29) is 31.6 Å². The van der Waals surface area contributed by atoms with Gasteiger partial charge in [0, 0.05) is 12.6 Å². The number of alkyl halides is 2. The Bertz CT molecular complexity index is 258. The van der Waals surface area contributed by atoms with Gasteiger partial charge in [-0.15, -0.1) is 0 Å². The third-order valence-corrected chi connectivity index (χ3v) is 3.38. The zero-order chi connectivity index (χ0) is 14.1. The highest BCUT2D eigenvalue weighted by Crippen LogP contribution is 2.22. The van der Waals surface area contributed by atoms with Crippen molar-refractivity contribution in [2.75, 3.05) is 26.4 Å². The van der Waals surface area contributed by atoms with Gasteiger partial charge in [0.05, 0.1) is 19.6 Å². The van der Waals surface area contributed by atoms with E-state index in [2.05, 4.69) is 0 Å². The minimum atomic E-state index is -2.50. The Morgan fingerprint density at radius 2 is 2.00 bits per heavy atom. The molecule has 0 radical (unpaired) electrons. The molecule has 0 aromatic heterocycles. The maximum absolute atomic E-state index is 12.0. The van der Waals surface area contributed by atoms with Gasteiger partial charge >= 0.3 is 0 Å². The molecule has 19 heavy (non-hydrogen) atoms. The summed E-state index contributed by atoms with van der Waals surface area (Å²) in [5.74, 6) is -0.116. The summed E-state index contributed by atoms with van der Waals surface area (Å²) in [5, 5.41) is 9.04. The van der Waals surface area contributed by atoms with Crippen molar-refractivity contribution in [1.29, 1.82) is 0 Å². The molecule has 1 aliphatic rings. The predicted molar refractivity (Wildman–Crippen MR) is 67.1 cm³/mol. The topological polar surface area (TPSA) is 49.8 Å². The number of carbonyl (C=O) groups is 1. The number of nitrogens with zero attached hydrogens (tertiary/aromatic N) is 1. The Kier molecular flexibility index (Phi) is 7.90. The van der Waals surface area contributed by atoms with E-state index >= 15 is 0 Å². The molecule has 1 amide bonds. The second-order valence-electron chi connectivity index (χ2n) is 4.82. The number of hydrogen-bond acceptors (Lipinski definition) is 3. The van der Waals surface area contributed by atoms with Crippen LogP contribution in [0, 0.1) is 0 Å². The lowest BCUT2D eigenvalue weighted by Gasteiger charge is -2.34. The highest BCUT2D eigenvalue weighted by Gasteiger charge is 2.24.